The van der Waals surface area contributed by atoms with Crippen LogP contribution in [0.1, 0.15) is 5.76 Å². The normalized spacial score (nSPS) is 10.7. The molecule has 1 amide bonds. The molecule has 0 radical (unpaired) electrons. The van der Waals surface area contributed by atoms with Crippen molar-refractivity contribution >= 4 is 29.4 Å². The molecule has 168 valence electrons. The molecule has 14 heteroatoms. The fourth-order valence-electron chi connectivity index (χ4n) is 2.90. The first-order chi connectivity index (χ1) is 15.7. The fraction of sp³-hybridized carbons (Fsp3) is 0.0526. The van der Waals surface area contributed by atoms with Crippen molar-refractivity contribution in [3.63, 3.8) is 0 Å². The Kier molecular flexibility index (Phi) is 6.38. The zero-order valence-electron chi connectivity index (χ0n) is 16.7. The maximum absolute atomic E-state index is 11.9. The van der Waals surface area contributed by atoms with Gasteiger partial charge in [-0.15, -0.1) is 0 Å². The first kappa shape index (κ1) is 22.5. The van der Waals surface area contributed by atoms with E-state index in [4.69, 9.17) is 4.42 Å². The van der Waals surface area contributed by atoms with Crippen LogP contribution in [0.4, 0.5) is 21.9 Å². The summed E-state index contributed by atoms with van der Waals surface area (Å²) in [5, 5.41) is 37.9. The molecule has 0 atom stereocenters. The Morgan fingerprint density at radius 2 is 1.55 bits per heavy atom. The lowest BCUT2D eigenvalue weighted by molar-refractivity contribution is -0.385. The Morgan fingerprint density at radius 3 is 2.09 bits per heavy atom. The molecule has 0 bridgehead atoms. The number of amides is 1. The number of nitro groups is 3. The minimum Gasteiger partial charge on any atom is -0.452 e. The number of nitrogens with one attached hydrogen (secondary N) is 1. The number of benzene rings is 2. The molecule has 1 heterocycles. The van der Waals surface area contributed by atoms with Crippen molar-refractivity contribution in [2.45, 2.75) is 0 Å². The van der Waals surface area contributed by atoms with Gasteiger partial charge < -0.3 is 9.15 Å². The van der Waals surface area contributed by atoms with E-state index in [0.29, 0.717) is 0 Å². The summed E-state index contributed by atoms with van der Waals surface area (Å²) >= 11 is 0. The molecule has 0 aliphatic heterocycles. The number of carbonyl (C=O) groups excluding carboxylic acids is 1. The van der Waals surface area contributed by atoms with Gasteiger partial charge in [0.25, 0.3) is 11.4 Å². The van der Waals surface area contributed by atoms with Crippen molar-refractivity contribution in [3.8, 4) is 22.5 Å². The van der Waals surface area contributed by atoms with E-state index in [1.165, 1.54) is 36.4 Å². The van der Waals surface area contributed by atoms with E-state index in [2.05, 4.69) is 9.84 Å². The first-order valence-corrected chi connectivity index (χ1v) is 8.90. The summed E-state index contributed by atoms with van der Waals surface area (Å²) < 4.78 is 9.97. The molecule has 33 heavy (non-hydrogen) atoms. The zero-order chi connectivity index (χ0) is 24.1. The van der Waals surface area contributed by atoms with Crippen LogP contribution in [0, 0.1) is 30.3 Å². The highest BCUT2D eigenvalue weighted by Crippen LogP contribution is 2.44. The number of hydrazone groups is 1. The Morgan fingerprint density at radius 1 is 0.970 bits per heavy atom. The minimum atomic E-state index is -0.946. The molecule has 0 aliphatic rings. The van der Waals surface area contributed by atoms with Crippen molar-refractivity contribution in [2.24, 2.45) is 5.10 Å². The van der Waals surface area contributed by atoms with Gasteiger partial charge in [-0.3, -0.25) is 30.3 Å². The van der Waals surface area contributed by atoms with Crippen LogP contribution in [0.2, 0.25) is 0 Å². The van der Waals surface area contributed by atoms with Crippen molar-refractivity contribution in [3.05, 3.63) is 84.6 Å². The molecule has 1 N–H and O–H groups in total. The Bertz CT molecular complexity index is 1300. The minimum absolute atomic E-state index is 0.0572. The predicted octanol–water partition coefficient (Wildman–Crippen LogP) is 4.03. The van der Waals surface area contributed by atoms with E-state index in [1.54, 1.807) is 0 Å². The SMILES string of the molecule is COC(=O)NN=Cc1oc(-c2cccc([N+](=O)[O-])c2)c(-c2cccc([N+](=O)[O-])c2)c1[N+](=O)[O-]. The second-order valence-corrected chi connectivity index (χ2v) is 6.25. The summed E-state index contributed by atoms with van der Waals surface area (Å²) in [4.78, 5) is 43.4. The number of furan rings is 1. The third-order valence-electron chi connectivity index (χ3n) is 4.28. The van der Waals surface area contributed by atoms with E-state index in [0.717, 1.165) is 25.5 Å². The number of carbonyl (C=O) groups is 1. The second-order valence-electron chi connectivity index (χ2n) is 6.25. The van der Waals surface area contributed by atoms with Gasteiger partial charge in [0.2, 0.25) is 5.76 Å². The van der Waals surface area contributed by atoms with Crippen molar-refractivity contribution < 1.29 is 28.7 Å². The van der Waals surface area contributed by atoms with E-state index >= 15 is 0 Å². The zero-order valence-corrected chi connectivity index (χ0v) is 16.7. The summed E-state index contributed by atoms with van der Waals surface area (Å²) in [5.74, 6) is -0.579. The van der Waals surface area contributed by atoms with E-state index in [1.807, 2.05) is 5.43 Å². The summed E-state index contributed by atoms with van der Waals surface area (Å²) in [6, 6.07) is 10.1. The Hall–Kier alpha value is -5.14. The number of non-ortho nitro benzene ring substituents is 2. The van der Waals surface area contributed by atoms with E-state index in [9.17, 15) is 35.1 Å². The molecule has 0 saturated heterocycles. The predicted molar refractivity (Wildman–Crippen MR) is 113 cm³/mol. The standard InChI is InChI=1S/C19H13N5O9/c1-32-19(25)21-20-10-15-17(24(30)31)16(11-4-2-6-13(8-11)22(26)27)18(33-15)12-5-3-7-14(9-12)23(28)29/h2-10H,1H3,(H,21,25). The molecule has 3 rings (SSSR count). The summed E-state index contributed by atoms with van der Waals surface area (Å²) in [7, 11) is 1.08. The lowest BCUT2D eigenvalue weighted by Gasteiger charge is -2.03. The molecule has 3 aromatic rings. The number of hydrogen-bond donors (Lipinski definition) is 1. The quantitative estimate of drug-likeness (QED) is 0.311. The van der Waals surface area contributed by atoms with E-state index in [-0.39, 0.29) is 33.8 Å². The van der Waals surface area contributed by atoms with Crippen molar-refractivity contribution in [1.82, 2.24) is 5.43 Å². The molecule has 1 aromatic heterocycles. The molecule has 0 unspecified atom stereocenters. The lowest BCUT2D eigenvalue weighted by Crippen LogP contribution is -2.16. The second kappa shape index (κ2) is 9.34. The maximum Gasteiger partial charge on any atom is 0.427 e. The first-order valence-electron chi connectivity index (χ1n) is 8.90. The number of hydrogen-bond acceptors (Lipinski definition) is 10. The van der Waals surface area contributed by atoms with Crippen LogP contribution >= 0.6 is 0 Å². The van der Waals surface area contributed by atoms with Gasteiger partial charge in [-0.1, -0.05) is 24.3 Å². The number of ether oxygens (including phenoxy) is 1. The molecule has 0 saturated carbocycles. The largest absolute Gasteiger partial charge is 0.452 e. The van der Waals surface area contributed by atoms with Gasteiger partial charge in [0.1, 0.15) is 11.3 Å². The number of nitrogens with zero attached hydrogens (tertiary/aromatic N) is 4. The van der Waals surface area contributed by atoms with Gasteiger partial charge in [0, 0.05) is 29.8 Å². The van der Waals surface area contributed by atoms with Gasteiger partial charge >= 0.3 is 11.8 Å². The molecular formula is C19H13N5O9. The van der Waals surface area contributed by atoms with Crippen LogP contribution in [0.15, 0.2) is 58.0 Å². The van der Waals surface area contributed by atoms with Crippen molar-refractivity contribution in [1.29, 1.82) is 0 Å². The summed E-state index contributed by atoms with van der Waals surface area (Å²) in [6.07, 6.45) is -0.102. The molecule has 2 aromatic carbocycles. The van der Waals surface area contributed by atoms with Gasteiger partial charge in [0.15, 0.2) is 0 Å². The fourth-order valence-corrected chi connectivity index (χ4v) is 2.90. The number of nitro benzene ring substituents is 2. The van der Waals surface area contributed by atoms with Crippen LogP contribution in [-0.4, -0.2) is 34.2 Å². The molecule has 0 spiro atoms. The molecule has 0 aliphatic carbocycles. The summed E-state index contributed by atoms with van der Waals surface area (Å²) in [6.45, 7) is 0. The van der Waals surface area contributed by atoms with Gasteiger partial charge in [-0.2, -0.15) is 5.10 Å². The van der Waals surface area contributed by atoms with E-state index < -0.39 is 32.3 Å². The number of methoxy groups -OCH3 is 1. The van der Waals surface area contributed by atoms with Crippen LogP contribution < -0.4 is 5.43 Å². The Balaban J connectivity index is 2.30. The van der Waals surface area contributed by atoms with Crippen LogP contribution in [0.25, 0.3) is 22.5 Å². The average Bonchev–Trinajstić information content (AvgIpc) is 3.18. The molecular weight excluding hydrogens is 442 g/mol. The van der Waals surface area contributed by atoms with Crippen LogP contribution in [-0.2, 0) is 4.74 Å². The van der Waals surface area contributed by atoms with Gasteiger partial charge in [-0.05, 0) is 5.56 Å². The smallest absolute Gasteiger partial charge is 0.427 e. The highest BCUT2D eigenvalue weighted by atomic mass is 16.6. The highest BCUT2D eigenvalue weighted by molar-refractivity contribution is 5.96. The monoisotopic (exact) mass is 455 g/mol. The highest BCUT2D eigenvalue weighted by Gasteiger charge is 2.32. The molecule has 0 fully saturated rings. The van der Waals surface area contributed by atoms with Crippen LogP contribution in [0.3, 0.4) is 0 Å². The van der Waals surface area contributed by atoms with Crippen molar-refractivity contribution in [2.75, 3.05) is 7.11 Å². The lowest BCUT2D eigenvalue weighted by atomic mass is 9.99. The van der Waals surface area contributed by atoms with Gasteiger partial charge in [0.05, 0.1) is 28.1 Å². The molecule has 14 nitrogen and oxygen atoms in total. The third kappa shape index (κ3) is 4.79. The topological polar surface area (TPSA) is 193 Å². The average molecular weight is 455 g/mol. The summed E-state index contributed by atoms with van der Waals surface area (Å²) in [5.41, 5.74) is 0.688. The van der Waals surface area contributed by atoms with Gasteiger partial charge in [-0.25, -0.2) is 10.2 Å². The van der Waals surface area contributed by atoms with Crippen LogP contribution in [0.5, 0.6) is 0 Å². The maximum atomic E-state index is 11.9. The number of rotatable bonds is 7. The Labute approximate surface area is 183 Å². The third-order valence-corrected chi connectivity index (χ3v) is 4.28.